The number of hydrogen-bond acceptors (Lipinski definition) is 7. The minimum atomic E-state index is 0.112. The van der Waals surface area contributed by atoms with Gasteiger partial charge in [0.15, 0.2) is 11.6 Å². The van der Waals surface area contributed by atoms with E-state index in [2.05, 4.69) is 25.5 Å². The number of piperazine rings is 1. The third-order valence-corrected chi connectivity index (χ3v) is 5.74. The average Bonchev–Trinajstić information content (AvgIpc) is 3.48. The molecule has 4 heterocycles. The van der Waals surface area contributed by atoms with Gasteiger partial charge in [-0.2, -0.15) is 10.1 Å². The van der Waals surface area contributed by atoms with Gasteiger partial charge in [0.25, 0.3) is 0 Å². The van der Waals surface area contributed by atoms with Crippen molar-refractivity contribution in [3.8, 4) is 5.75 Å². The van der Waals surface area contributed by atoms with Crippen molar-refractivity contribution in [2.75, 3.05) is 43.5 Å². The number of nitrogens with zero attached hydrogens (tertiary/aromatic N) is 6. The predicted octanol–water partition coefficient (Wildman–Crippen LogP) is 2.40. The Morgan fingerprint density at radius 1 is 1.15 bits per heavy atom. The maximum absolute atomic E-state index is 12.8. The molecule has 33 heavy (non-hydrogen) atoms. The maximum Gasteiger partial charge on any atom is 0.245 e. The molecule has 5 rings (SSSR count). The number of aromatic amines is 1. The zero-order chi connectivity index (χ0) is 22.8. The summed E-state index contributed by atoms with van der Waals surface area (Å²) >= 11 is 0. The van der Waals surface area contributed by atoms with Crippen LogP contribution in [0.2, 0.25) is 0 Å². The summed E-state index contributed by atoms with van der Waals surface area (Å²) in [5, 5.41) is 15.1. The second-order valence-corrected chi connectivity index (χ2v) is 8.06. The van der Waals surface area contributed by atoms with Gasteiger partial charge in [0.05, 0.1) is 13.5 Å². The highest BCUT2D eigenvalue weighted by atomic mass is 16.5. The normalized spacial score (nSPS) is 14.0. The fourth-order valence-electron chi connectivity index (χ4n) is 3.98. The largest absolute Gasteiger partial charge is 0.497 e. The van der Waals surface area contributed by atoms with Gasteiger partial charge in [-0.1, -0.05) is 12.1 Å². The van der Waals surface area contributed by atoms with Crippen LogP contribution in [0.4, 0.5) is 17.6 Å². The molecule has 1 aromatic carbocycles. The van der Waals surface area contributed by atoms with E-state index in [9.17, 15) is 4.79 Å². The molecule has 1 amide bonds. The first-order valence-corrected chi connectivity index (χ1v) is 10.9. The number of carbonyl (C=O) groups is 1. The number of methoxy groups -OCH3 is 1. The van der Waals surface area contributed by atoms with Crippen molar-refractivity contribution in [1.82, 2.24) is 29.7 Å². The van der Waals surface area contributed by atoms with Gasteiger partial charge < -0.3 is 19.9 Å². The Morgan fingerprint density at radius 3 is 2.76 bits per heavy atom. The van der Waals surface area contributed by atoms with Crippen LogP contribution < -0.4 is 15.0 Å². The average molecular weight is 447 g/mol. The molecule has 0 aliphatic carbocycles. The lowest BCUT2D eigenvalue weighted by Gasteiger charge is -2.34. The highest BCUT2D eigenvalue weighted by molar-refractivity contribution is 5.79. The predicted molar refractivity (Wildman–Crippen MR) is 125 cm³/mol. The SMILES string of the molecule is COc1cccc(CC(=O)N2CCN(c3nc(Nc4cc(C)[nH]n4)c4cccn4n3)CC2)c1. The van der Waals surface area contributed by atoms with E-state index in [1.165, 1.54) is 0 Å². The molecule has 10 heteroatoms. The van der Waals surface area contributed by atoms with E-state index in [0.29, 0.717) is 50.2 Å². The molecule has 170 valence electrons. The first-order valence-electron chi connectivity index (χ1n) is 10.9. The van der Waals surface area contributed by atoms with Crippen molar-refractivity contribution < 1.29 is 9.53 Å². The quantitative estimate of drug-likeness (QED) is 0.469. The summed E-state index contributed by atoms with van der Waals surface area (Å²) in [6.07, 6.45) is 2.26. The standard InChI is InChI=1S/C23H26N8O2/c1-16-13-20(27-26-16)24-22-19-7-4-8-31(19)28-23(25-22)30-11-9-29(10-12-30)21(32)15-17-5-3-6-18(14-17)33-2/h3-8,13-14H,9-12,15H2,1-2H3,(H2,24,25,26,27,28). The molecule has 1 aliphatic heterocycles. The fourth-order valence-corrected chi connectivity index (χ4v) is 3.98. The van der Waals surface area contributed by atoms with Crippen LogP contribution in [0.25, 0.3) is 5.52 Å². The van der Waals surface area contributed by atoms with Crippen LogP contribution >= 0.6 is 0 Å². The molecule has 1 fully saturated rings. The van der Waals surface area contributed by atoms with Crippen molar-refractivity contribution in [1.29, 1.82) is 0 Å². The Labute approximate surface area is 191 Å². The van der Waals surface area contributed by atoms with E-state index in [1.807, 2.05) is 65.0 Å². The Kier molecular flexibility index (Phi) is 5.55. The summed E-state index contributed by atoms with van der Waals surface area (Å²) in [5.41, 5.74) is 2.78. The van der Waals surface area contributed by atoms with E-state index in [1.54, 1.807) is 7.11 Å². The van der Waals surface area contributed by atoms with Crippen LogP contribution in [0, 0.1) is 6.92 Å². The second kappa shape index (κ2) is 8.81. The van der Waals surface area contributed by atoms with Crippen molar-refractivity contribution in [3.63, 3.8) is 0 Å². The summed E-state index contributed by atoms with van der Waals surface area (Å²) in [6.45, 7) is 4.52. The fraction of sp³-hybridized carbons (Fsp3) is 0.304. The monoisotopic (exact) mass is 446 g/mol. The lowest BCUT2D eigenvalue weighted by atomic mass is 10.1. The van der Waals surface area contributed by atoms with Crippen LogP contribution in [-0.2, 0) is 11.2 Å². The maximum atomic E-state index is 12.8. The van der Waals surface area contributed by atoms with Gasteiger partial charge in [-0.3, -0.25) is 9.89 Å². The Hall–Kier alpha value is -4.08. The number of rotatable bonds is 6. The van der Waals surface area contributed by atoms with Gasteiger partial charge in [-0.25, -0.2) is 4.52 Å². The highest BCUT2D eigenvalue weighted by Crippen LogP contribution is 2.23. The molecular formula is C23H26N8O2. The van der Waals surface area contributed by atoms with Crippen LogP contribution in [-0.4, -0.2) is 68.9 Å². The molecule has 2 N–H and O–H groups in total. The Balaban J connectivity index is 1.27. The number of amides is 1. The van der Waals surface area contributed by atoms with E-state index in [0.717, 1.165) is 22.5 Å². The summed E-state index contributed by atoms with van der Waals surface area (Å²) in [7, 11) is 1.63. The molecule has 10 nitrogen and oxygen atoms in total. The zero-order valence-electron chi connectivity index (χ0n) is 18.7. The highest BCUT2D eigenvalue weighted by Gasteiger charge is 2.24. The third kappa shape index (κ3) is 4.45. The third-order valence-electron chi connectivity index (χ3n) is 5.74. The zero-order valence-corrected chi connectivity index (χ0v) is 18.7. The Bertz CT molecular complexity index is 1270. The summed E-state index contributed by atoms with van der Waals surface area (Å²) in [5.74, 6) is 2.88. The van der Waals surface area contributed by atoms with E-state index in [-0.39, 0.29) is 5.91 Å². The molecule has 3 aromatic heterocycles. The number of nitrogens with one attached hydrogen (secondary N) is 2. The second-order valence-electron chi connectivity index (χ2n) is 8.06. The number of H-pyrrole nitrogens is 1. The first kappa shape index (κ1) is 20.8. The van der Waals surface area contributed by atoms with Crippen molar-refractivity contribution in [2.24, 2.45) is 0 Å². The van der Waals surface area contributed by atoms with Crippen molar-refractivity contribution in [2.45, 2.75) is 13.3 Å². The van der Waals surface area contributed by atoms with Gasteiger partial charge in [0.1, 0.15) is 11.3 Å². The molecule has 4 aromatic rings. The molecule has 1 saturated heterocycles. The van der Waals surface area contributed by atoms with Crippen LogP contribution in [0.15, 0.2) is 48.7 Å². The number of benzene rings is 1. The molecule has 0 spiro atoms. The number of fused-ring (bicyclic) bond motifs is 1. The van der Waals surface area contributed by atoms with E-state index >= 15 is 0 Å². The van der Waals surface area contributed by atoms with Gasteiger partial charge in [-0.15, -0.1) is 5.10 Å². The van der Waals surface area contributed by atoms with Crippen LogP contribution in [0.5, 0.6) is 5.75 Å². The minimum Gasteiger partial charge on any atom is -0.497 e. The number of ether oxygens (including phenoxy) is 1. The number of anilines is 3. The van der Waals surface area contributed by atoms with E-state index < -0.39 is 0 Å². The van der Waals surface area contributed by atoms with Gasteiger partial charge in [0.2, 0.25) is 11.9 Å². The van der Waals surface area contributed by atoms with Crippen molar-refractivity contribution in [3.05, 3.63) is 59.9 Å². The summed E-state index contributed by atoms with van der Waals surface area (Å²) in [6, 6.07) is 13.5. The minimum absolute atomic E-state index is 0.112. The van der Waals surface area contributed by atoms with Crippen LogP contribution in [0.1, 0.15) is 11.3 Å². The lowest BCUT2D eigenvalue weighted by Crippen LogP contribution is -2.49. The molecule has 1 aliphatic rings. The first-order chi connectivity index (χ1) is 16.1. The molecule has 0 atom stereocenters. The number of aryl methyl sites for hydroxylation is 1. The van der Waals surface area contributed by atoms with Crippen LogP contribution in [0.3, 0.4) is 0 Å². The van der Waals surface area contributed by atoms with E-state index in [4.69, 9.17) is 9.72 Å². The number of aromatic nitrogens is 5. The lowest BCUT2D eigenvalue weighted by molar-refractivity contribution is -0.130. The molecule has 0 radical (unpaired) electrons. The summed E-state index contributed by atoms with van der Waals surface area (Å²) < 4.78 is 7.07. The van der Waals surface area contributed by atoms with Gasteiger partial charge in [-0.05, 0) is 36.8 Å². The summed E-state index contributed by atoms with van der Waals surface area (Å²) in [4.78, 5) is 21.6. The Morgan fingerprint density at radius 2 is 2.00 bits per heavy atom. The number of carbonyl (C=O) groups excluding carboxylic acids is 1. The molecular weight excluding hydrogens is 420 g/mol. The number of hydrogen-bond donors (Lipinski definition) is 2. The van der Waals surface area contributed by atoms with Gasteiger partial charge >= 0.3 is 0 Å². The molecule has 0 saturated carbocycles. The smallest absolute Gasteiger partial charge is 0.245 e. The molecule has 0 unspecified atom stereocenters. The van der Waals surface area contributed by atoms with Crippen molar-refractivity contribution >= 4 is 29.0 Å². The molecule has 0 bridgehead atoms. The van der Waals surface area contributed by atoms with Gasteiger partial charge in [0, 0.05) is 44.1 Å². The topological polar surface area (TPSA) is 104 Å².